The van der Waals surface area contributed by atoms with Gasteiger partial charge < -0.3 is 0 Å². The molecule has 0 saturated carbocycles. The first-order valence-corrected chi connectivity index (χ1v) is 21.1. The summed E-state index contributed by atoms with van der Waals surface area (Å²) in [6.07, 6.45) is -1.27. The van der Waals surface area contributed by atoms with Crippen LogP contribution < -0.4 is 43.1 Å². The maximum absolute atomic E-state index is 2.31. The number of rotatable bonds is 8. The average molecular weight is 716 g/mol. The molecule has 0 bridgehead atoms. The Bertz CT molecular complexity index is 2000. The van der Waals surface area contributed by atoms with E-state index in [1.807, 2.05) is 0 Å². The summed E-state index contributed by atoms with van der Waals surface area (Å²) in [4.78, 5) is 0. The van der Waals surface area contributed by atoms with E-state index in [1.54, 1.807) is 0 Å². The van der Waals surface area contributed by atoms with E-state index in [1.165, 1.54) is 65.3 Å². The Balaban J connectivity index is 0.000000168. The summed E-state index contributed by atoms with van der Waals surface area (Å²) in [5.74, 6) is 0. The standard InChI is InChI=1S/C28H28B.C24H21P/c1-21-5-13-25(14-6-21)29(26-15-7-22(2)8-16-26,27-17-9-23(3)10-18-27)28-19-11-24(4)12-20-28;1-5-13-21(14-6-1)25(22-15-7-2-8-16-22,23-17-9-3-10-18-23)24-19-11-4-12-20-24/h5-20H,1-4H3;1-20,25H/q-1;. The van der Waals surface area contributed by atoms with E-state index >= 15 is 0 Å². The van der Waals surface area contributed by atoms with Crippen LogP contribution in [0.15, 0.2) is 218 Å². The second-order valence-corrected chi connectivity index (χ2v) is 18.5. The molecule has 0 saturated heterocycles. The average Bonchev–Trinajstić information content (AvgIpc) is 3.23. The predicted octanol–water partition coefficient (Wildman–Crippen LogP) is 8.34. The van der Waals surface area contributed by atoms with Crippen molar-refractivity contribution < 1.29 is 0 Å². The molecule has 0 aromatic heterocycles. The van der Waals surface area contributed by atoms with E-state index in [4.69, 9.17) is 0 Å². The van der Waals surface area contributed by atoms with Crippen LogP contribution in [0, 0.1) is 27.7 Å². The van der Waals surface area contributed by atoms with Gasteiger partial charge in [-0.25, -0.2) is 0 Å². The molecule has 0 unspecified atom stereocenters. The molecular weight excluding hydrogens is 666 g/mol. The first-order valence-electron chi connectivity index (χ1n) is 19.1. The quantitative estimate of drug-likeness (QED) is 0.110. The molecule has 266 valence electrons. The van der Waals surface area contributed by atoms with Crippen molar-refractivity contribution in [1.29, 1.82) is 0 Å². The third-order valence-electron chi connectivity index (χ3n) is 11.1. The molecule has 0 radical (unpaired) electrons. The van der Waals surface area contributed by atoms with Crippen LogP contribution in [0.5, 0.6) is 0 Å². The van der Waals surface area contributed by atoms with Gasteiger partial charge in [0.05, 0.1) is 0 Å². The van der Waals surface area contributed by atoms with Crippen LogP contribution in [-0.4, -0.2) is 6.15 Å². The summed E-state index contributed by atoms with van der Waals surface area (Å²) in [6, 6.07) is 80.4. The molecule has 0 aliphatic carbocycles. The summed E-state index contributed by atoms with van der Waals surface area (Å²) in [7, 11) is -2.30. The second kappa shape index (κ2) is 16.5. The van der Waals surface area contributed by atoms with Gasteiger partial charge in [-0.05, 0) is 27.7 Å². The van der Waals surface area contributed by atoms with Crippen LogP contribution in [-0.2, 0) is 0 Å². The molecule has 54 heavy (non-hydrogen) atoms. The van der Waals surface area contributed by atoms with Crippen molar-refractivity contribution >= 4 is 56.5 Å². The number of hydrogen-bond donors (Lipinski definition) is 0. The summed E-state index contributed by atoms with van der Waals surface area (Å²) >= 11 is 0. The Kier molecular flexibility index (Phi) is 11.2. The van der Waals surface area contributed by atoms with E-state index in [0.717, 1.165) is 0 Å². The van der Waals surface area contributed by atoms with E-state index in [2.05, 4.69) is 246 Å². The molecule has 0 aliphatic heterocycles. The third kappa shape index (κ3) is 7.26. The van der Waals surface area contributed by atoms with E-state index < -0.39 is 13.4 Å². The Morgan fingerprint density at radius 2 is 0.426 bits per heavy atom. The summed E-state index contributed by atoms with van der Waals surface area (Å²) in [5.41, 5.74) is 10.6. The van der Waals surface area contributed by atoms with Crippen molar-refractivity contribution in [3.63, 3.8) is 0 Å². The molecule has 0 amide bonds. The van der Waals surface area contributed by atoms with Gasteiger partial charge in [0.15, 0.2) is 0 Å². The van der Waals surface area contributed by atoms with Crippen molar-refractivity contribution in [3.05, 3.63) is 241 Å². The number of hydrogen-bond acceptors (Lipinski definition) is 0. The monoisotopic (exact) mass is 715 g/mol. The normalized spacial score (nSPS) is 11.6. The van der Waals surface area contributed by atoms with E-state index in [9.17, 15) is 0 Å². The van der Waals surface area contributed by atoms with E-state index in [-0.39, 0.29) is 0 Å². The zero-order chi connectivity index (χ0) is 37.4. The molecule has 8 rings (SSSR count). The van der Waals surface area contributed by atoms with Gasteiger partial charge in [0, 0.05) is 0 Å². The fraction of sp³-hybridized carbons (Fsp3) is 0.0769. The van der Waals surface area contributed by atoms with Crippen molar-refractivity contribution in [2.45, 2.75) is 27.7 Å². The SMILES string of the molecule is Cc1ccc([B-](c2ccc(C)cc2)(c2ccc(C)cc2)c2ccc(C)cc2)cc1.c1ccc([PH](c2ccccc2)(c2ccccc2)c2ccccc2)cc1. The van der Waals surface area contributed by atoms with Gasteiger partial charge in [0.25, 0.3) is 0 Å². The van der Waals surface area contributed by atoms with Gasteiger partial charge in [0.1, 0.15) is 6.15 Å². The van der Waals surface area contributed by atoms with Crippen LogP contribution in [0.2, 0.25) is 0 Å². The summed E-state index contributed by atoms with van der Waals surface area (Å²) in [5, 5.41) is 5.66. The third-order valence-corrected chi connectivity index (χ3v) is 15.9. The first kappa shape index (κ1) is 36.6. The topological polar surface area (TPSA) is 0 Å². The Morgan fingerprint density at radius 3 is 0.611 bits per heavy atom. The van der Waals surface area contributed by atoms with Gasteiger partial charge in [-0.1, -0.05) is 119 Å². The van der Waals surface area contributed by atoms with Crippen LogP contribution in [0.25, 0.3) is 0 Å². The number of benzene rings is 8. The van der Waals surface area contributed by atoms with Crippen LogP contribution in [0.1, 0.15) is 22.3 Å². The minimum absolute atomic E-state index is 1.27. The van der Waals surface area contributed by atoms with E-state index in [0.29, 0.717) is 0 Å². The Hall–Kier alpha value is -5.75. The zero-order valence-corrected chi connectivity index (χ0v) is 32.9. The summed E-state index contributed by atoms with van der Waals surface area (Å²) in [6.45, 7) is 8.62. The molecule has 0 atom stereocenters. The molecule has 0 spiro atoms. The molecule has 0 fully saturated rings. The molecule has 8 aromatic carbocycles. The molecule has 0 heterocycles. The fourth-order valence-electron chi connectivity index (χ4n) is 8.33. The van der Waals surface area contributed by atoms with Crippen LogP contribution in [0.4, 0.5) is 0 Å². The summed E-state index contributed by atoms with van der Waals surface area (Å²) < 4.78 is 0. The Morgan fingerprint density at radius 1 is 0.241 bits per heavy atom. The molecule has 8 aromatic rings. The van der Waals surface area contributed by atoms with Crippen LogP contribution in [0.3, 0.4) is 0 Å². The van der Waals surface area contributed by atoms with Crippen molar-refractivity contribution in [3.8, 4) is 0 Å². The Labute approximate surface area is 323 Å². The number of aryl methyl sites for hydroxylation is 4. The molecule has 0 nitrogen and oxygen atoms in total. The maximum atomic E-state index is 2.31. The second-order valence-electron chi connectivity index (χ2n) is 14.7. The van der Waals surface area contributed by atoms with Crippen molar-refractivity contribution in [1.82, 2.24) is 0 Å². The minimum atomic E-state index is -2.30. The van der Waals surface area contributed by atoms with Gasteiger partial charge >= 0.3 is 150 Å². The zero-order valence-electron chi connectivity index (χ0n) is 31.9. The van der Waals surface area contributed by atoms with Gasteiger partial charge in [-0.3, -0.25) is 0 Å². The van der Waals surface area contributed by atoms with Crippen molar-refractivity contribution in [2.24, 2.45) is 0 Å². The van der Waals surface area contributed by atoms with Gasteiger partial charge in [0.2, 0.25) is 0 Å². The molecular formula is C52H49BP-. The van der Waals surface area contributed by atoms with Gasteiger partial charge in [-0.2, -0.15) is 21.9 Å². The first-order chi connectivity index (χ1) is 26.4. The molecule has 2 heteroatoms. The predicted molar refractivity (Wildman–Crippen MR) is 242 cm³/mol. The molecule has 0 N–H and O–H groups in total. The van der Waals surface area contributed by atoms with Crippen LogP contribution >= 0.6 is 7.26 Å². The fourth-order valence-corrected chi connectivity index (χ4v) is 13.1. The molecule has 0 aliphatic rings. The van der Waals surface area contributed by atoms with Gasteiger partial charge in [-0.15, -0.1) is 0 Å². The van der Waals surface area contributed by atoms with Crippen molar-refractivity contribution in [2.75, 3.05) is 0 Å².